The molecule has 2 aliphatic rings. The van der Waals surface area contributed by atoms with Gasteiger partial charge in [-0.3, -0.25) is 4.79 Å². The van der Waals surface area contributed by atoms with E-state index >= 15 is 0 Å². The topological polar surface area (TPSA) is 33.5 Å². The Labute approximate surface area is 177 Å². The second kappa shape index (κ2) is 8.16. The fraction of sp³-hybridized carbons (Fsp3) is 0.600. The van der Waals surface area contributed by atoms with Crippen molar-refractivity contribution in [1.82, 2.24) is 0 Å². The first kappa shape index (κ1) is 21.0. The van der Waals surface area contributed by atoms with Crippen LogP contribution in [0.4, 0.5) is 11.4 Å². The van der Waals surface area contributed by atoms with E-state index in [0.29, 0.717) is 5.69 Å². The van der Waals surface area contributed by atoms with Gasteiger partial charge in [-0.05, 0) is 64.0 Å². The largest absolute Gasteiger partial charge is 0.322 e. The maximum absolute atomic E-state index is 13.4. The molecule has 0 unspecified atom stereocenters. The Morgan fingerprint density at radius 2 is 1.76 bits per heavy atom. The zero-order chi connectivity index (χ0) is 17.4. The molecule has 131 valence electrons. The number of carbonyl (C=O) groups excluding carboxylic acids is 1. The smallest absolute Gasteiger partial charge is 0.268 e. The van der Waals surface area contributed by atoms with Gasteiger partial charge in [0.1, 0.15) is 0 Å². The van der Waals surface area contributed by atoms with Crippen molar-refractivity contribution in [3.05, 3.63) is 34.7 Å². The van der Waals surface area contributed by atoms with E-state index in [1.54, 1.807) is 0 Å². The SMILES string of the molecule is [C-]#[N+]c1cc(C)c(NC(=O)C2([P+]3(CC)CCCC3)CCC2)c(C)c1.[Y]. The molecule has 0 spiro atoms. The molecule has 1 aromatic carbocycles. The van der Waals surface area contributed by atoms with Gasteiger partial charge in [-0.2, -0.15) is 0 Å². The van der Waals surface area contributed by atoms with Crippen molar-refractivity contribution in [2.75, 3.05) is 23.8 Å². The van der Waals surface area contributed by atoms with Crippen LogP contribution in [0.1, 0.15) is 50.2 Å². The first-order chi connectivity index (χ1) is 11.5. The van der Waals surface area contributed by atoms with E-state index in [1.165, 1.54) is 37.7 Å². The third-order valence-corrected chi connectivity index (χ3v) is 12.4. The molecular weight excluding hydrogens is 404 g/mol. The zero-order valence-corrected chi connectivity index (χ0v) is 19.4. The van der Waals surface area contributed by atoms with Crippen LogP contribution in [0.3, 0.4) is 0 Å². The average molecular weight is 432 g/mol. The molecule has 0 aromatic heterocycles. The number of nitrogens with zero attached hydrogens (tertiary/aromatic N) is 1. The molecule has 1 saturated heterocycles. The summed E-state index contributed by atoms with van der Waals surface area (Å²) in [6, 6.07) is 3.76. The minimum Gasteiger partial charge on any atom is -0.322 e. The number of carbonyl (C=O) groups is 1. The molecule has 3 rings (SSSR count). The van der Waals surface area contributed by atoms with Crippen LogP contribution in [0.15, 0.2) is 12.1 Å². The number of hydrogen-bond donors (Lipinski definition) is 1. The Balaban J connectivity index is 0.00000225. The van der Waals surface area contributed by atoms with E-state index in [0.717, 1.165) is 29.7 Å². The molecule has 3 nitrogen and oxygen atoms in total. The molecular formula is C20H28N2OPY+. The average Bonchev–Trinajstić information content (AvgIpc) is 2.99. The first-order valence-electron chi connectivity index (χ1n) is 9.14. The van der Waals surface area contributed by atoms with Crippen molar-refractivity contribution in [1.29, 1.82) is 0 Å². The van der Waals surface area contributed by atoms with Gasteiger partial charge < -0.3 is 5.32 Å². The predicted molar refractivity (Wildman–Crippen MR) is 104 cm³/mol. The van der Waals surface area contributed by atoms with Gasteiger partial charge in [0.15, 0.2) is 10.8 Å². The van der Waals surface area contributed by atoms with Gasteiger partial charge in [0.25, 0.3) is 5.91 Å². The van der Waals surface area contributed by atoms with Crippen molar-refractivity contribution in [2.45, 2.75) is 58.0 Å². The molecule has 1 N–H and O–H groups in total. The number of hydrogen-bond acceptors (Lipinski definition) is 1. The maximum Gasteiger partial charge on any atom is 0.268 e. The second-order valence-corrected chi connectivity index (χ2v) is 12.2. The van der Waals surface area contributed by atoms with Crippen LogP contribution in [0.5, 0.6) is 0 Å². The van der Waals surface area contributed by atoms with Crippen molar-refractivity contribution in [2.24, 2.45) is 0 Å². The fourth-order valence-electron chi connectivity index (χ4n) is 4.85. The van der Waals surface area contributed by atoms with Crippen LogP contribution in [-0.4, -0.2) is 29.5 Å². The third-order valence-electron chi connectivity index (χ3n) is 6.42. The van der Waals surface area contributed by atoms with E-state index in [9.17, 15) is 4.79 Å². The number of aryl methyl sites for hydroxylation is 2. The molecule has 1 heterocycles. The first-order valence-corrected chi connectivity index (χ1v) is 11.5. The molecule has 1 aromatic rings. The van der Waals surface area contributed by atoms with Gasteiger partial charge in [0.2, 0.25) is 0 Å². The summed E-state index contributed by atoms with van der Waals surface area (Å²) in [6.07, 6.45) is 9.83. The Morgan fingerprint density at radius 1 is 1.20 bits per heavy atom. The summed E-state index contributed by atoms with van der Waals surface area (Å²) in [5.41, 5.74) is 3.57. The van der Waals surface area contributed by atoms with E-state index in [2.05, 4.69) is 17.1 Å². The van der Waals surface area contributed by atoms with Crippen LogP contribution in [0, 0.1) is 20.4 Å². The molecule has 1 aliphatic carbocycles. The van der Waals surface area contributed by atoms with Gasteiger partial charge in [-0.25, -0.2) is 4.85 Å². The van der Waals surface area contributed by atoms with E-state index in [-0.39, 0.29) is 43.8 Å². The Hall–Kier alpha value is -0.286. The van der Waals surface area contributed by atoms with Crippen LogP contribution in [0.25, 0.3) is 4.85 Å². The standard InChI is InChI=1S/C20H27N2OP.Y/c1-5-24(11-6-7-12-24)20(9-8-10-20)19(23)22-18-15(2)13-17(21-4)14-16(18)3;/h13-14H,5-12H2,1-3H3;/p+1. The summed E-state index contributed by atoms with van der Waals surface area (Å²) in [6.45, 7) is 13.5. The van der Waals surface area contributed by atoms with Gasteiger partial charge >= 0.3 is 0 Å². The van der Waals surface area contributed by atoms with Crippen molar-refractivity contribution in [3.8, 4) is 0 Å². The number of rotatable bonds is 4. The Morgan fingerprint density at radius 3 is 2.16 bits per heavy atom. The van der Waals surface area contributed by atoms with Crippen LogP contribution < -0.4 is 5.32 Å². The third kappa shape index (κ3) is 3.48. The summed E-state index contributed by atoms with van der Waals surface area (Å²) in [5, 5.41) is 3.23. The molecule has 1 aliphatic heterocycles. The minimum absolute atomic E-state index is 0. The summed E-state index contributed by atoms with van der Waals surface area (Å²) in [5.74, 6) is 0.271. The van der Waals surface area contributed by atoms with Gasteiger partial charge in [0.05, 0.1) is 25.1 Å². The second-order valence-electron chi connectivity index (χ2n) is 7.52. The molecule has 1 saturated carbocycles. The summed E-state index contributed by atoms with van der Waals surface area (Å²) in [4.78, 5) is 16.9. The minimum atomic E-state index is -1.16. The number of anilines is 1. The molecule has 2 fully saturated rings. The summed E-state index contributed by atoms with van der Waals surface area (Å²) >= 11 is 0. The molecule has 5 heteroatoms. The molecule has 1 amide bonds. The van der Waals surface area contributed by atoms with Crippen molar-refractivity contribution >= 4 is 24.5 Å². The normalized spacial score (nSPS) is 20.1. The predicted octanol–water partition coefficient (Wildman–Crippen LogP) is 5.54. The number of benzene rings is 1. The molecule has 0 bridgehead atoms. The summed E-state index contributed by atoms with van der Waals surface area (Å²) < 4.78 is 0. The van der Waals surface area contributed by atoms with Crippen molar-refractivity contribution in [3.63, 3.8) is 0 Å². The Kier molecular flexibility index (Phi) is 6.86. The van der Waals surface area contributed by atoms with Crippen LogP contribution in [-0.2, 0) is 37.5 Å². The molecule has 25 heavy (non-hydrogen) atoms. The van der Waals surface area contributed by atoms with Crippen LogP contribution >= 0.6 is 7.26 Å². The number of nitrogens with one attached hydrogen (secondary N) is 1. The quantitative estimate of drug-likeness (QED) is 0.492. The summed E-state index contributed by atoms with van der Waals surface area (Å²) in [7, 11) is -1.16. The van der Waals surface area contributed by atoms with Crippen LogP contribution in [0.2, 0.25) is 0 Å². The maximum atomic E-state index is 13.4. The monoisotopic (exact) mass is 432 g/mol. The van der Waals surface area contributed by atoms with Gasteiger partial charge in [-0.15, -0.1) is 0 Å². The number of amides is 1. The van der Waals surface area contributed by atoms with E-state index < -0.39 is 7.26 Å². The Bertz CT molecular complexity index is 677. The molecule has 1 radical (unpaired) electrons. The van der Waals surface area contributed by atoms with Crippen molar-refractivity contribution < 1.29 is 37.5 Å². The zero-order valence-electron chi connectivity index (χ0n) is 15.7. The van der Waals surface area contributed by atoms with Gasteiger partial charge in [-0.1, -0.05) is 12.1 Å². The van der Waals surface area contributed by atoms with E-state index in [1.807, 2.05) is 26.0 Å². The molecule has 0 atom stereocenters. The van der Waals surface area contributed by atoms with E-state index in [4.69, 9.17) is 6.57 Å². The van der Waals surface area contributed by atoms with Gasteiger partial charge in [0, 0.05) is 45.7 Å². The fourth-order valence-corrected chi connectivity index (χ4v) is 10.6.